The second kappa shape index (κ2) is 5.73. The molecule has 0 aromatic heterocycles. The van der Waals surface area contributed by atoms with Gasteiger partial charge in [0.05, 0.1) is 18.8 Å². The molecule has 1 aliphatic rings. The summed E-state index contributed by atoms with van der Waals surface area (Å²) in [5.74, 6) is -0.835. The third-order valence-corrected chi connectivity index (χ3v) is 3.12. The first-order valence-corrected chi connectivity index (χ1v) is 6.82. The van der Waals surface area contributed by atoms with Gasteiger partial charge in [-0.05, 0) is 32.9 Å². The third-order valence-electron chi connectivity index (χ3n) is 3.12. The fourth-order valence-corrected chi connectivity index (χ4v) is 2.04. The molecular formula is C15H20N2O4. The Morgan fingerprint density at radius 3 is 2.67 bits per heavy atom. The van der Waals surface area contributed by atoms with Crippen molar-refractivity contribution in [3.63, 3.8) is 0 Å². The van der Waals surface area contributed by atoms with E-state index in [1.54, 1.807) is 24.3 Å². The van der Waals surface area contributed by atoms with Crippen LogP contribution < -0.4 is 15.0 Å². The molecule has 2 N–H and O–H groups in total. The van der Waals surface area contributed by atoms with Crippen LogP contribution in [0.2, 0.25) is 0 Å². The van der Waals surface area contributed by atoms with Crippen LogP contribution in [0.15, 0.2) is 24.3 Å². The summed E-state index contributed by atoms with van der Waals surface area (Å²) in [5.41, 5.74) is 0.420. The maximum Gasteiger partial charge on any atom is 0.346 e. The summed E-state index contributed by atoms with van der Waals surface area (Å²) in [7, 11) is 0. The van der Waals surface area contributed by atoms with Crippen LogP contribution in [-0.4, -0.2) is 41.7 Å². The van der Waals surface area contributed by atoms with E-state index in [1.165, 1.54) is 4.90 Å². The first-order valence-electron chi connectivity index (χ1n) is 6.82. The van der Waals surface area contributed by atoms with E-state index in [0.29, 0.717) is 11.4 Å². The zero-order valence-electron chi connectivity index (χ0n) is 12.4. The van der Waals surface area contributed by atoms with Crippen molar-refractivity contribution in [2.75, 3.05) is 18.0 Å². The highest BCUT2D eigenvalue weighted by molar-refractivity contribution is 5.97. The van der Waals surface area contributed by atoms with E-state index in [1.807, 2.05) is 20.8 Å². The molecule has 0 fully saturated rings. The van der Waals surface area contributed by atoms with Crippen molar-refractivity contribution in [1.82, 2.24) is 5.32 Å². The summed E-state index contributed by atoms with van der Waals surface area (Å²) < 4.78 is 5.41. The summed E-state index contributed by atoms with van der Waals surface area (Å²) in [6.45, 7) is 6.05. The molecule has 0 radical (unpaired) electrons. The number of nitrogens with one attached hydrogen (secondary N) is 1. The predicted molar refractivity (Wildman–Crippen MR) is 78.6 cm³/mol. The van der Waals surface area contributed by atoms with E-state index in [2.05, 4.69) is 5.32 Å². The molecule has 0 spiro atoms. The molecule has 1 aliphatic heterocycles. The molecule has 0 bridgehead atoms. The van der Waals surface area contributed by atoms with E-state index >= 15 is 0 Å². The molecule has 0 saturated carbocycles. The number of carbonyl (C=O) groups excluding carboxylic acids is 1. The molecule has 114 valence electrons. The van der Waals surface area contributed by atoms with Gasteiger partial charge in [0.25, 0.3) is 0 Å². The molecule has 0 aliphatic carbocycles. The number of nitrogens with zero attached hydrogens (tertiary/aromatic N) is 1. The number of anilines is 1. The van der Waals surface area contributed by atoms with E-state index in [0.717, 1.165) is 0 Å². The quantitative estimate of drug-likeness (QED) is 0.876. The number of carbonyl (C=O) groups is 2. The Morgan fingerprint density at radius 2 is 2.05 bits per heavy atom. The summed E-state index contributed by atoms with van der Waals surface area (Å²) >= 11 is 0. The molecule has 21 heavy (non-hydrogen) atoms. The molecule has 1 heterocycles. The number of ether oxygens (including phenoxy) is 1. The van der Waals surface area contributed by atoms with Crippen LogP contribution in [0.4, 0.5) is 5.69 Å². The van der Waals surface area contributed by atoms with Gasteiger partial charge in [0, 0.05) is 5.54 Å². The second-order valence-corrected chi connectivity index (χ2v) is 6.02. The van der Waals surface area contributed by atoms with Crippen molar-refractivity contribution in [2.45, 2.75) is 32.4 Å². The lowest BCUT2D eigenvalue weighted by Gasteiger charge is -2.33. The highest BCUT2D eigenvalue weighted by Crippen LogP contribution is 2.33. The molecule has 1 aromatic carbocycles. The highest BCUT2D eigenvalue weighted by atomic mass is 16.5. The molecule has 1 atom stereocenters. The molecular weight excluding hydrogens is 272 g/mol. The molecule has 6 nitrogen and oxygen atoms in total. The van der Waals surface area contributed by atoms with Gasteiger partial charge in [-0.3, -0.25) is 4.79 Å². The van der Waals surface area contributed by atoms with Gasteiger partial charge in [0.15, 0.2) is 0 Å². The molecule has 1 aromatic rings. The molecule has 6 heteroatoms. The lowest BCUT2D eigenvalue weighted by atomic mass is 10.1. The van der Waals surface area contributed by atoms with Crippen LogP contribution in [0, 0.1) is 0 Å². The zero-order chi connectivity index (χ0) is 15.6. The maximum absolute atomic E-state index is 12.4. The van der Waals surface area contributed by atoms with Crippen molar-refractivity contribution in [2.24, 2.45) is 0 Å². The summed E-state index contributed by atoms with van der Waals surface area (Å²) in [4.78, 5) is 25.0. The average molecular weight is 292 g/mol. The normalized spacial score (nSPS) is 17.9. The number of aliphatic carboxylic acids is 1. The topological polar surface area (TPSA) is 78.9 Å². The standard InChI is InChI=1S/C15H20N2O4/c1-15(2,3)16-8-13(18)17-9-12(14(19)20)21-11-7-5-4-6-10(11)17/h4-7,12,16H,8-9H2,1-3H3,(H,19,20). The predicted octanol–water partition coefficient (Wildman–Crippen LogP) is 1.25. The average Bonchev–Trinajstić information content (AvgIpc) is 2.42. The minimum Gasteiger partial charge on any atom is -0.478 e. The second-order valence-electron chi connectivity index (χ2n) is 6.02. The molecule has 2 rings (SSSR count). The Hall–Kier alpha value is -2.08. The number of hydrogen-bond donors (Lipinski definition) is 2. The van der Waals surface area contributed by atoms with Crippen LogP contribution in [0.25, 0.3) is 0 Å². The number of amides is 1. The van der Waals surface area contributed by atoms with Crippen LogP contribution in [-0.2, 0) is 9.59 Å². The fraction of sp³-hybridized carbons (Fsp3) is 0.467. The van der Waals surface area contributed by atoms with E-state index < -0.39 is 12.1 Å². The van der Waals surface area contributed by atoms with Gasteiger partial charge in [0.2, 0.25) is 12.0 Å². The number of carboxylic acids is 1. The third kappa shape index (κ3) is 3.72. The van der Waals surface area contributed by atoms with E-state index in [-0.39, 0.29) is 24.5 Å². The largest absolute Gasteiger partial charge is 0.478 e. The summed E-state index contributed by atoms with van der Waals surface area (Å²) in [6, 6.07) is 6.96. The first-order chi connectivity index (χ1) is 9.78. The monoisotopic (exact) mass is 292 g/mol. The van der Waals surface area contributed by atoms with Crippen molar-refractivity contribution < 1.29 is 19.4 Å². The Labute approximate surface area is 123 Å². The van der Waals surface area contributed by atoms with E-state index in [9.17, 15) is 9.59 Å². The Morgan fingerprint density at radius 1 is 1.38 bits per heavy atom. The molecule has 0 saturated heterocycles. The van der Waals surface area contributed by atoms with Crippen molar-refractivity contribution in [3.8, 4) is 5.75 Å². The maximum atomic E-state index is 12.4. The van der Waals surface area contributed by atoms with Crippen molar-refractivity contribution in [1.29, 1.82) is 0 Å². The van der Waals surface area contributed by atoms with Crippen LogP contribution in [0.3, 0.4) is 0 Å². The van der Waals surface area contributed by atoms with Gasteiger partial charge in [-0.1, -0.05) is 12.1 Å². The van der Waals surface area contributed by atoms with Gasteiger partial charge < -0.3 is 20.1 Å². The number of hydrogen-bond acceptors (Lipinski definition) is 4. The van der Waals surface area contributed by atoms with Gasteiger partial charge in [0.1, 0.15) is 5.75 Å². The van der Waals surface area contributed by atoms with Crippen molar-refractivity contribution >= 4 is 17.6 Å². The minimum absolute atomic E-state index is 0.0109. The smallest absolute Gasteiger partial charge is 0.346 e. The number of benzene rings is 1. The summed E-state index contributed by atoms with van der Waals surface area (Å²) in [6.07, 6.45) is -1.04. The SMILES string of the molecule is CC(C)(C)NCC(=O)N1CC(C(=O)O)Oc2ccccc21. The molecule has 1 amide bonds. The summed E-state index contributed by atoms with van der Waals surface area (Å²) in [5, 5.41) is 12.3. The number of para-hydroxylation sites is 2. The first kappa shape index (κ1) is 15.3. The highest BCUT2D eigenvalue weighted by Gasteiger charge is 2.33. The van der Waals surface area contributed by atoms with Gasteiger partial charge in [-0.25, -0.2) is 4.79 Å². The lowest BCUT2D eigenvalue weighted by molar-refractivity contribution is -0.145. The minimum atomic E-state index is -1.08. The Kier molecular flexibility index (Phi) is 4.18. The number of carboxylic acid groups (broad SMARTS) is 1. The number of rotatable bonds is 3. The Balaban J connectivity index is 2.21. The zero-order valence-corrected chi connectivity index (χ0v) is 12.4. The van der Waals surface area contributed by atoms with Crippen LogP contribution >= 0.6 is 0 Å². The lowest BCUT2D eigenvalue weighted by Crippen LogP contribution is -2.51. The fourth-order valence-electron chi connectivity index (χ4n) is 2.04. The van der Waals surface area contributed by atoms with Gasteiger partial charge >= 0.3 is 5.97 Å². The number of fused-ring (bicyclic) bond motifs is 1. The van der Waals surface area contributed by atoms with Crippen molar-refractivity contribution in [3.05, 3.63) is 24.3 Å². The molecule has 1 unspecified atom stereocenters. The van der Waals surface area contributed by atoms with Gasteiger partial charge in [-0.15, -0.1) is 0 Å². The van der Waals surface area contributed by atoms with E-state index in [4.69, 9.17) is 9.84 Å². The Bertz CT molecular complexity index is 551. The van der Waals surface area contributed by atoms with Crippen LogP contribution in [0.1, 0.15) is 20.8 Å². The van der Waals surface area contributed by atoms with Gasteiger partial charge in [-0.2, -0.15) is 0 Å². The van der Waals surface area contributed by atoms with Crippen LogP contribution in [0.5, 0.6) is 5.75 Å².